The van der Waals surface area contributed by atoms with Crippen LogP contribution in [0.3, 0.4) is 0 Å². The lowest BCUT2D eigenvalue weighted by Crippen LogP contribution is -2.17. The molecule has 5 heteroatoms. The van der Waals surface area contributed by atoms with E-state index in [4.69, 9.17) is 6.42 Å². The van der Waals surface area contributed by atoms with Crippen molar-refractivity contribution in [3.63, 3.8) is 0 Å². The molecule has 102 valence electrons. The molecule has 20 heavy (non-hydrogen) atoms. The molecule has 0 aliphatic heterocycles. The average molecular weight is 269 g/mol. The van der Waals surface area contributed by atoms with E-state index in [2.05, 4.69) is 23.1 Å². The quantitative estimate of drug-likeness (QED) is 0.513. The molecule has 1 atom stereocenters. The Morgan fingerprint density at radius 2 is 2.25 bits per heavy atom. The van der Waals surface area contributed by atoms with Gasteiger partial charge in [-0.3, -0.25) is 10.1 Å². The van der Waals surface area contributed by atoms with Gasteiger partial charge in [0.05, 0.1) is 16.5 Å². The van der Waals surface area contributed by atoms with Crippen molar-refractivity contribution in [3.05, 3.63) is 40.4 Å². The maximum Gasteiger partial charge on any atom is 0.270 e. The maximum absolute atomic E-state index is 10.7. The lowest BCUT2D eigenvalue weighted by atomic mass is 10.1. The van der Waals surface area contributed by atoms with Crippen LogP contribution in [0.1, 0.15) is 19.8 Å². The van der Waals surface area contributed by atoms with Crippen molar-refractivity contribution >= 4 is 22.4 Å². The number of fused-ring (bicyclic) bond motifs is 1. The van der Waals surface area contributed by atoms with E-state index < -0.39 is 4.92 Å². The van der Waals surface area contributed by atoms with E-state index in [1.807, 2.05) is 0 Å². The molecular formula is C15H15N3O2. The summed E-state index contributed by atoms with van der Waals surface area (Å²) in [5.41, 5.74) is 0.764. The summed E-state index contributed by atoms with van der Waals surface area (Å²) in [6.07, 6.45) is 7.32. The van der Waals surface area contributed by atoms with E-state index in [9.17, 15) is 10.1 Å². The zero-order valence-corrected chi connectivity index (χ0v) is 11.2. The first-order chi connectivity index (χ1) is 9.63. The number of aromatic nitrogens is 1. The third-order valence-corrected chi connectivity index (χ3v) is 2.98. The minimum atomic E-state index is -0.415. The number of nitro groups is 1. The van der Waals surface area contributed by atoms with Crippen LogP contribution in [-0.4, -0.2) is 15.9 Å². The fraction of sp³-hybridized carbons (Fsp3) is 0.267. The normalized spacial score (nSPS) is 11.8. The van der Waals surface area contributed by atoms with Gasteiger partial charge in [0.15, 0.2) is 0 Å². The van der Waals surface area contributed by atoms with Gasteiger partial charge in [-0.15, -0.1) is 6.42 Å². The SMILES string of the molecule is C#CC(CCC)Nc1ccc2cc([N+](=O)[O-])ccc2n1. The lowest BCUT2D eigenvalue weighted by molar-refractivity contribution is -0.384. The van der Waals surface area contributed by atoms with Gasteiger partial charge in [0.2, 0.25) is 0 Å². The number of terminal acetylenes is 1. The Morgan fingerprint density at radius 3 is 2.90 bits per heavy atom. The van der Waals surface area contributed by atoms with E-state index in [0.29, 0.717) is 11.3 Å². The van der Waals surface area contributed by atoms with Crippen LogP contribution in [-0.2, 0) is 0 Å². The highest BCUT2D eigenvalue weighted by molar-refractivity contribution is 5.82. The zero-order valence-electron chi connectivity index (χ0n) is 11.2. The molecule has 5 nitrogen and oxygen atoms in total. The number of rotatable bonds is 5. The Labute approximate surface area is 117 Å². The molecule has 0 fully saturated rings. The predicted molar refractivity (Wildman–Crippen MR) is 79.5 cm³/mol. The van der Waals surface area contributed by atoms with Crippen LogP contribution in [0.5, 0.6) is 0 Å². The second-order valence-corrected chi connectivity index (χ2v) is 4.48. The van der Waals surface area contributed by atoms with Crippen molar-refractivity contribution in [2.45, 2.75) is 25.8 Å². The molecule has 1 N–H and O–H groups in total. The van der Waals surface area contributed by atoms with Gasteiger partial charge in [0.25, 0.3) is 5.69 Å². The first-order valence-corrected chi connectivity index (χ1v) is 6.42. The van der Waals surface area contributed by atoms with Crippen LogP contribution >= 0.6 is 0 Å². The number of non-ortho nitro benzene ring substituents is 1. The van der Waals surface area contributed by atoms with Crippen LogP contribution in [0.2, 0.25) is 0 Å². The van der Waals surface area contributed by atoms with Gasteiger partial charge in [-0.1, -0.05) is 19.3 Å². The van der Waals surface area contributed by atoms with Crippen LogP contribution in [0.25, 0.3) is 10.9 Å². The number of pyridine rings is 1. The minimum Gasteiger partial charge on any atom is -0.356 e. The summed E-state index contributed by atoms with van der Waals surface area (Å²) < 4.78 is 0. The number of nitrogens with one attached hydrogen (secondary N) is 1. The molecular weight excluding hydrogens is 254 g/mol. The van der Waals surface area contributed by atoms with Crippen molar-refractivity contribution in [3.8, 4) is 12.3 Å². The van der Waals surface area contributed by atoms with Gasteiger partial charge in [-0.05, 0) is 24.6 Å². The van der Waals surface area contributed by atoms with E-state index >= 15 is 0 Å². The van der Waals surface area contributed by atoms with Crippen molar-refractivity contribution in [1.82, 2.24) is 4.98 Å². The molecule has 2 rings (SSSR count). The molecule has 0 saturated heterocycles. The van der Waals surface area contributed by atoms with Gasteiger partial charge in [-0.25, -0.2) is 4.98 Å². The smallest absolute Gasteiger partial charge is 0.270 e. The average Bonchev–Trinajstić information content (AvgIpc) is 2.46. The van der Waals surface area contributed by atoms with Gasteiger partial charge < -0.3 is 5.32 Å². The predicted octanol–water partition coefficient (Wildman–Crippen LogP) is 3.36. The molecule has 1 aromatic heterocycles. The zero-order chi connectivity index (χ0) is 14.5. The fourth-order valence-corrected chi connectivity index (χ4v) is 1.97. The highest BCUT2D eigenvalue weighted by Gasteiger charge is 2.08. The third kappa shape index (κ3) is 3.04. The number of nitro benzene ring substituents is 1. The molecule has 0 bridgehead atoms. The van der Waals surface area contributed by atoms with Gasteiger partial charge in [-0.2, -0.15) is 0 Å². The van der Waals surface area contributed by atoms with Crippen molar-refractivity contribution < 1.29 is 4.92 Å². The Kier molecular flexibility index (Phi) is 4.16. The second-order valence-electron chi connectivity index (χ2n) is 4.48. The molecule has 0 aliphatic carbocycles. The topological polar surface area (TPSA) is 68.1 Å². The number of hydrogen-bond acceptors (Lipinski definition) is 4. The highest BCUT2D eigenvalue weighted by atomic mass is 16.6. The highest BCUT2D eigenvalue weighted by Crippen LogP contribution is 2.21. The van der Waals surface area contributed by atoms with Gasteiger partial charge in [0, 0.05) is 17.5 Å². The van der Waals surface area contributed by atoms with Gasteiger partial charge in [0.1, 0.15) is 5.82 Å². The Balaban J connectivity index is 2.28. The molecule has 0 amide bonds. The summed E-state index contributed by atoms with van der Waals surface area (Å²) in [4.78, 5) is 14.7. The molecule has 1 aromatic carbocycles. The monoisotopic (exact) mass is 269 g/mol. The number of anilines is 1. The molecule has 0 spiro atoms. The summed E-state index contributed by atoms with van der Waals surface area (Å²) in [5, 5.41) is 14.6. The largest absolute Gasteiger partial charge is 0.356 e. The Morgan fingerprint density at radius 1 is 1.45 bits per heavy atom. The molecule has 0 saturated carbocycles. The van der Waals surface area contributed by atoms with E-state index in [1.54, 1.807) is 18.2 Å². The lowest BCUT2D eigenvalue weighted by Gasteiger charge is -2.12. The Bertz CT molecular complexity index is 676. The number of nitrogens with zero attached hydrogens (tertiary/aromatic N) is 2. The molecule has 0 radical (unpaired) electrons. The molecule has 0 aliphatic rings. The summed E-state index contributed by atoms with van der Waals surface area (Å²) >= 11 is 0. The third-order valence-electron chi connectivity index (χ3n) is 2.98. The molecule has 1 unspecified atom stereocenters. The van der Waals surface area contributed by atoms with E-state index in [0.717, 1.165) is 18.2 Å². The Hall–Kier alpha value is -2.61. The first-order valence-electron chi connectivity index (χ1n) is 6.42. The standard InChI is InChI=1S/C15H15N3O2/c1-3-5-12(4-2)16-15-9-6-11-10-13(18(19)20)7-8-14(11)17-15/h2,6-10,12H,3,5H2,1H3,(H,16,17). The number of hydrogen-bond donors (Lipinski definition) is 1. The summed E-state index contributed by atoms with van der Waals surface area (Å²) in [6, 6.07) is 8.13. The second kappa shape index (κ2) is 6.02. The molecule has 2 aromatic rings. The summed E-state index contributed by atoms with van der Waals surface area (Å²) in [7, 11) is 0. The van der Waals surface area contributed by atoms with Crippen molar-refractivity contribution in [2.24, 2.45) is 0 Å². The van der Waals surface area contributed by atoms with E-state index in [1.165, 1.54) is 12.1 Å². The van der Waals surface area contributed by atoms with E-state index in [-0.39, 0.29) is 11.7 Å². The van der Waals surface area contributed by atoms with Gasteiger partial charge >= 0.3 is 0 Å². The molecule has 1 heterocycles. The summed E-state index contributed by atoms with van der Waals surface area (Å²) in [5.74, 6) is 3.37. The van der Waals surface area contributed by atoms with Crippen molar-refractivity contribution in [1.29, 1.82) is 0 Å². The van der Waals surface area contributed by atoms with Crippen molar-refractivity contribution in [2.75, 3.05) is 5.32 Å². The minimum absolute atomic E-state index is 0.0528. The van der Waals surface area contributed by atoms with Crippen LogP contribution in [0.4, 0.5) is 11.5 Å². The number of benzene rings is 1. The maximum atomic E-state index is 10.7. The van der Waals surface area contributed by atoms with Crippen LogP contribution < -0.4 is 5.32 Å². The van der Waals surface area contributed by atoms with Crippen LogP contribution in [0, 0.1) is 22.5 Å². The fourth-order valence-electron chi connectivity index (χ4n) is 1.97. The summed E-state index contributed by atoms with van der Waals surface area (Å²) in [6.45, 7) is 2.07. The first kappa shape index (κ1) is 13.8. The van der Waals surface area contributed by atoms with Crippen LogP contribution in [0.15, 0.2) is 30.3 Å².